The first kappa shape index (κ1) is 17.8. The monoisotopic (exact) mass is 348 g/mol. The molecule has 0 unspecified atom stereocenters. The van der Waals surface area contributed by atoms with Crippen LogP contribution in [0.2, 0.25) is 0 Å². The Kier molecular flexibility index (Phi) is 5.81. The summed E-state index contributed by atoms with van der Waals surface area (Å²) in [5.41, 5.74) is 0. The Morgan fingerprint density at radius 2 is 1.50 bits per heavy atom. The molecule has 0 atom stereocenters. The molecule has 2 aromatic rings. The van der Waals surface area contributed by atoms with Crippen molar-refractivity contribution in [1.29, 1.82) is 0 Å². The Labute approximate surface area is 143 Å². The van der Waals surface area contributed by atoms with E-state index in [2.05, 4.69) is 4.74 Å². The van der Waals surface area contributed by atoms with Gasteiger partial charge in [-0.25, -0.2) is 0 Å². The van der Waals surface area contributed by atoms with Crippen molar-refractivity contribution in [3.8, 4) is 11.5 Å². The molecule has 0 aliphatic heterocycles. The van der Waals surface area contributed by atoms with Crippen molar-refractivity contribution < 1.29 is 28.6 Å². The summed E-state index contributed by atoms with van der Waals surface area (Å²) in [6.45, 7) is 2.54. The van der Waals surface area contributed by atoms with Crippen molar-refractivity contribution in [3.63, 3.8) is 0 Å². The Hall–Kier alpha value is -2.54. The minimum atomic E-state index is -0.515. The lowest BCUT2D eigenvalue weighted by atomic mass is 10.1. The van der Waals surface area contributed by atoms with Gasteiger partial charge in [0.15, 0.2) is 11.5 Å². The summed E-state index contributed by atoms with van der Waals surface area (Å²) in [7, 11) is 1.34. The Bertz CT molecular complexity index is 799. The van der Waals surface area contributed by atoms with Crippen LogP contribution in [0.15, 0.2) is 35.2 Å². The maximum Gasteiger partial charge on any atom is 0.315 e. The molecule has 0 radical (unpaired) electrons. The molecule has 0 fully saturated rings. The second kappa shape index (κ2) is 7.83. The summed E-state index contributed by atoms with van der Waals surface area (Å²) in [5, 5.41) is 1.60. The fourth-order valence-electron chi connectivity index (χ4n) is 1.99. The van der Waals surface area contributed by atoms with Gasteiger partial charge in [-0.3, -0.25) is 14.4 Å². The summed E-state index contributed by atoms with van der Waals surface area (Å²) in [4.78, 5) is 34.5. The van der Waals surface area contributed by atoms with Crippen LogP contribution < -0.4 is 9.47 Å². The average molecular weight is 348 g/mol. The first-order valence-corrected chi connectivity index (χ1v) is 8.02. The number of hydrogen-bond acceptors (Lipinski definition) is 7. The SMILES string of the molecule is COC(=O)CSc1ccc2cc(OC(C)=O)c(OC(C)=O)cc2c1. The third-order valence-electron chi connectivity index (χ3n) is 2.97. The molecule has 2 aromatic carbocycles. The number of methoxy groups -OCH3 is 1. The number of benzene rings is 2. The molecule has 0 N–H and O–H groups in total. The molecule has 0 spiro atoms. The van der Waals surface area contributed by atoms with E-state index in [1.54, 1.807) is 12.1 Å². The maximum absolute atomic E-state index is 11.2. The average Bonchev–Trinajstić information content (AvgIpc) is 2.52. The van der Waals surface area contributed by atoms with Crippen LogP contribution in [-0.2, 0) is 19.1 Å². The van der Waals surface area contributed by atoms with Crippen molar-refractivity contribution >= 4 is 40.4 Å². The van der Waals surface area contributed by atoms with E-state index in [1.807, 2.05) is 18.2 Å². The van der Waals surface area contributed by atoms with Gasteiger partial charge in [-0.2, -0.15) is 0 Å². The molecule has 0 bridgehead atoms. The van der Waals surface area contributed by atoms with Crippen LogP contribution in [0.4, 0.5) is 0 Å². The van der Waals surface area contributed by atoms with Gasteiger partial charge in [0.25, 0.3) is 0 Å². The number of fused-ring (bicyclic) bond motifs is 1. The molecule has 0 aromatic heterocycles. The van der Waals surface area contributed by atoms with Gasteiger partial charge >= 0.3 is 17.9 Å². The third kappa shape index (κ3) is 4.73. The quantitative estimate of drug-likeness (QED) is 0.467. The number of esters is 3. The second-order valence-corrected chi connectivity index (χ2v) is 5.91. The van der Waals surface area contributed by atoms with Crippen molar-refractivity contribution in [1.82, 2.24) is 0 Å². The summed E-state index contributed by atoms with van der Waals surface area (Å²) >= 11 is 1.33. The highest BCUT2D eigenvalue weighted by atomic mass is 32.2. The molecule has 0 saturated heterocycles. The van der Waals surface area contributed by atoms with Crippen molar-refractivity contribution in [2.75, 3.05) is 12.9 Å². The van der Waals surface area contributed by atoms with Gasteiger partial charge in [0.05, 0.1) is 12.9 Å². The smallest absolute Gasteiger partial charge is 0.315 e. The molecule has 0 aliphatic carbocycles. The normalized spacial score (nSPS) is 10.3. The van der Waals surface area contributed by atoms with E-state index in [-0.39, 0.29) is 23.2 Å². The van der Waals surface area contributed by atoms with Crippen molar-refractivity contribution in [2.24, 2.45) is 0 Å². The van der Waals surface area contributed by atoms with Gasteiger partial charge in [0.1, 0.15) is 0 Å². The molecular formula is C17H16O6S. The summed E-state index contributed by atoms with van der Waals surface area (Å²) in [6.07, 6.45) is 0. The van der Waals surface area contributed by atoms with E-state index in [1.165, 1.54) is 32.7 Å². The molecule has 0 saturated carbocycles. The van der Waals surface area contributed by atoms with E-state index < -0.39 is 11.9 Å². The lowest BCUT2D eigenvalue weighted by molar-refractivity contribution is -0.137. The summed E-state index contributed by atoms with van der Waals surface area (Å²) in [6, 6.07) is 8.78. The second-order valence-electron chi connectivity index (χ2n) is 4.86. The molecule has 0 aliphatic rings. The highest BCUT2D eigenvalue weighted by Crippen LogP contribution is 2.34. The van der Waals surface area contributed by atoms with Gasteiger partial charge < -0.3 is 14.2 Å². The fourth-order valence-corrected chi connectivity index (χ4v) is 2.77. The van der Waals surface area contributed by atoms with Crippen LogP contribution in [-0.4, -0.2) is 30.8 Å². The van der Waals surface area contributed by atoms with E-state index in [0.29, 0.717) is 0 Å². The molecule has 6 nitrogen and oxygen atoms in total. The largest absolute Gasteiger partial charge is 0.468 e. The molecular weight excluding hydrogens is 332 g/mol. The Balaban J connectivity index is 2.38. The lowest BCUT2D eigenvalue weighted by Gasteiger charge is -2.11. The van der Waals surface area contributed by atoms with Gasteiger partial charge in [-0.15, -0.1) is 11.8 Å². The van der Waals surface area contributed by atoms with Crippen LogP contribution in [0.25, 0.3) is 10.8 Å². The first-order valence-electron chi connectivity index (χ1n) is 7.03. The number of carbonyl (C=O) groups excluding carboxylic acids is 3. The van der Waals surface area contributed by atoms with Crippen LogP contribution >= 0.6 is 11.8 Å². The zero-order valence-corrected chi connectivity index (χ0v) is 14.3. The zero-order chi connectivity index (χ0) is 17.7. The molecule has 126 valence electrons. The highest BCUT2D eigenvalue weighted by Gasteiger charge is 2.13. The topological polar surface area (TPSA) is 78.9 Å². The fraction of sp³-hybridized carbons (Fsp3) is 0.235. The zero-order valence-electron chi connectivity index (χ0n) is 13.5. The Morgan fingerprint density at radius 3 is 2.04 bits per heavy atom. The Morgan fingerprint density at radius 1 is 0.917 bits per heavy atom. The highest BCUT2D eigenvalue weighted by molar-refractivity contribution is 8.00. The van der Waals surface area contributed by atoms with Gasteiger partial charge in [-0.1, -0.05) is 6.07 Å². The molecule has 0 heterocycles. The number of rotatable bonds is 5. The van der Waals surface area contributed by atoms with Crippen molar-refractivity contribution in [3.05, 3.63) is 30.3 Å². The summed E-state index contributed by atoms with van der Waals surface area (Å²) < 4.78 is 14.8. The van der Waals surface area contributed by atoms with Crippen LogP contribution in [0.3, 0.4) is 0 Å². The molecule has 2 rings (SSSR count). The number of ether oxygens (including phenoxy) is 3. The predicted molar refractivity (Wildman–Crippen MR) is 89.3 cm³/mol. The number of thioether (sulfide) groups is 1. The first-order chi connectivity index (χ1) is 11.4. The minimum Gasteiger partial charge on any atom is -0.468 e. The lowest BCUT2D eigenvalue weighted by Crippen LogP contribution is -2.07. The van der Waals surface area contributed by atoms with Gasteiger partial charge in [0, 0.05) is 18.7 Å². The van der Waals surface area contributed by atoms with Crippen LogP contribution in [0.5, 0.6) is 11.5 Å². The van der Waals surface area contributed by atoms with Crippen LogP contribution in [0, 0.1) is 0 Å². The van der Waals surface area contributed by atoms with E-state index in [9.17, 15) is 14.4 Å². The van der Waals surface area contributed by atoms with E-state index in [0.717, 1.165) is 15.7 Å². The van der Waals surface area contributed by atoms with Crippen LogP contribution in [0.1, 0.15) is 13.8 Å². The van der Waals surface area contributed by atoms with Gasteiger partial charge in [-0.05, 0) is 35.0 Å². The maximum atomic E-state index is 11.2. The third-order valence-corrected chi connectivity index (χ3v) is 3.93. The predicted octanol–water partition coefficient (Wildman–Crippen LogP) is 2.96. The summed E-state index contributed by atoms with van der Waals surface area (Å²) in [5.74, 6) is -0.789. The molecule has 0 amide bonds. The van der Waals surface area contributed by atoms with E-state index in [4.69, 9.17) is 9.47 Å². The number of hydrogen-bond donors (Lipinski definition) is 0. The molecule has 24 heavy (non-hydrogen) atoms. The standard InChI is InChI=1S/C17H16O6S/c1-10(18)22-15-7-12-4-5-14(24-9-17(20)21-3)6-13(12)8-16(15)23-11(2)19/h4-8H,9H2,1-3H3. The minimum absolute atomic E-state index is 0.167. The van der Waals surface area contributed by atoms with E-state index >= 15 is 0 Å². The number of carbonyl (C=O) groups is 3. The molecule has 7 heteroatoms. The van der Waals surface area contributed by atoms with Gasteiger partial charge in [0.2, 0.25) is 0 Å². The van der Waals surface area contributed by atoms with Crippen molar-refractivity contribution in [2.45, 2.75) is 18.7 Å².